The van der Waals surface area contributed by atoms with Crippen molar-refractivity contribution in [3.05, 3.63) is 65.5 Å². The molecule has 0 aliphatic carbocycles. The fraction of sp³-hybridized carbons (Fsp3) is 0.167. The van der Waals surface area contributed by atoms with Gasteiger partial charge < -0.3 is 15.0 Å². The van der Waals surface area contributed by atoms with Gasteiger partial charge in [-0.1, -0.05) is 0 Å². The first-order valence-corrected chi connectivity index (χ1v) is 7.41. The molecule has 0 aromatic heterocycles. The molecule has 0 saturated heterocycles. The van der Waals surface area contributed by atoms with E-state index in [0.717, 1.165) is 12.1 Å². The lowest BCUT2D eigenvalue weighted by atomic mass is 10.2. The Morgan fingerprint density at radius 1 is 0.960 bits per heavy atom. The molecule has 0 radical (unpaired) electrons. The molecule has 25 heavy (non-hydrogen) atoms. The maximum atomic E-state index is 12.8. The van der Waals surface area contributed by atoms with Crippen LogP contribution in [0.15, 0.2) is 48.5 Å². The van der Waals surface area contributed by atoms with Crippen molar-refractivity contribution in [3.63, 3.8) is 0 Å². The van der Waals surface area contributed by atoms with E-state index in [-0.39, 0.29) is 11.5 Å². The highest BCUT2D eigenvalue weighted by atomic mass is 19.1. The number of amides is 2. The van der Waals surface area contributed by atoms with Crippen LogP contribution in [0.5, 0.6) is 0 Å². The average molecular weight is 344 g/mol. The SMILES string of the molecule is CN(C)C(=O)c1ccc(NC(=O)COC(=O)c2ccc(F)cc2)cc1. The van der Waals surface area contributed by atoms with E-state index in [1.807, 2.05) is 0 Å². The molecule has 0 fully saturated rings. The van der Waals surface area contributed by atoms with Crippen LogP contribution in [-0.4, -0.2) is 43.4 Å². The Labute approximate surface area is 144 Å². The third kappa shape index (κ3) is 5.13. The highest BCUT2D eigenvalue weighted by Gasteiger charge is 2.11. The van der Waals surface area contributed by atoms with Crippen LogP contribution in [0.3, 0.4) is 0 Å². The average Bonchev–Trinajstić information content (AvgIpc) is 2.60. The van der Waals surface area contributed by atoms with Crippen molar-refractivity contribution in [2.45, 2.75) is 0 Å². The van der Waals surface area contributed by atoms with Crippen LogP contribution in [0.4, 0.5) is 10.1 Å². The number of carbonyl (C=O) groups excluding carboxylic acids is 3. The molecule has 7 heteroatoms. The molecule has 0 heterocycles. The summed E-state index contributed by atoms with van der Waals surface area (Å²) < 4.78 is 17.7. The highest BCUT2D eigenvalue weighted by Crippen LogP contribution is 2.11. The van der Waals surface area contributed by atoms with Crippen molar-refractivity contribution < 1.29 is 23.5 Å². The standard InChI is InChI=1S/C18H17FN2O4/c1-21(2)17(23)12-5-9-15(10-6-12)20-16(22)11-25-18(24)13-3-7-14(19)8-4-13/h3-10H,11H2,1-2H3,(H,20,22). The van der Waals surface area contributed by atoms with Gasteiger partial charge in [0.05, 0.1) is 5.56 Å². The van der Waals surface area contributed by atoms with E-state index >= 15 is 0 Å². The summed E-state index contributed by atoms with van der Waals surface area (Å²) in [5, 5.41) is 2.55. The Morgan fingerprint density at radius 2 is 1.52 bits per heavy atom. The number of benzene rings is 2. The molecule has 0 spiro atoms. The van der Waals surface area contributed by atoms with Gasteiger partial charge in [0.15, 0.2) is 6.61 Å². The van der Waals surface area contributed by atoms with Crippen LogP contribution in [0.1, 0.15) is 20.7 Å². The topological polar surface area (TPSA) is 75.7 Å². The number of nitrogens with zero attached hydrogens (tertiary/aromatic N) is 1. The van der Waals surface area contributed by atoms with Gasteiger partial charge in [0, 0.05) is 25.3 Å². The molecule has 0 unspecified atom stereocenters. The van der Waals surface area contributed by atoms with Crippen molar-refractivity contribution >= 4 is 23.5 Å². The normalized spacial score (nSPS) is 10.0. The van der Waals surface area contributed by atoms with Gasteiger partial charge in [-0.3, -0.25) is 9.59 Å². The summed E-state index contributed by atoms with van der Waals surface area (Å²) in [4.78, 5) is 36.8. The Bertz CT molecular complexity index is 771. The summed E-state index contributed by atoms with van der Waals surface area (Å²) in [6.07, 6.45) is 0. The van der Waals surface area contributed by atoms with Crippen LogP contribution in [0.2, 0.25) is 0 Å². The fourth-order valence-electron chi connectivity index (χ4n) is 1.95. The van der Waals surface area contributed by atoms with Gasteiger partial charge in [-0.2, -0.15) is 0 Å². The second kappa shape index (κ2) is 8.05. The van der Waals surface area contributed by atoms with Crippen molar-refractivity contribution in [2.24, 2.45) is 0 Å². The molecule has 0 atom stereocenters. The molecule has 2 rings (SSSR count). The number of esters is 1. The molecule has 0 bridgehead atoms. The minimum Gasteiger partial charge on any atom is -0.452 e. The monoisotopic (exact) mass is 344 g/mol. The molecule has 6 nitrogen and oxygen atoms in total. The third-order valence-electron chi connectivity index (χ3n) is 3.24. The quantitative estimate of drug-likeness (QED) is 0.845. The first kappa shape index (κ1) is 18.1. The maximum Gasteiger partial charge on any atom is 0.338 e. The predicted molar refractivity (Wildman–Crippen MR) is 89.8 cm³/mol. The molecular formula is C18H17FN2O4. The lowest BCUT2D eigenvalue weighted by Crippen LogP contribution is -2.22. The Balaban J connectivity index is 1.86. The summed E-state index contributed by atoms with van der Waals surface area (Å²) in [6.45, 7) is -0.478. The van der Waals surface area contributed by atoms with E-state index < -0.39 is 24.3 Å². The molecule has 0 aliphatic rings. The first-order valence-electron chi connectivity index (χ1n) is 7.41. The molecule has 2 aromatic carbocycles. The van der Waals surface area contributed by atoms with E-state index in [1.165, 1.54) is 17.0 Å². The molecule has 0 saturated carbocycles. The van der Waals surface area contributed by atoms with Gasteiger partial charge in [0.25, 0.3) is 11.8 Å². The smallest absolute Gasteiger partial charge is 0.338 e. The fourth-order valence-corrected chi connectivity index (χ4v) is 1.95. The van der Waals surface area contributed by atoms with Crippen molar-refractivity contribution in [3.8, 4) is 0 Å². The Kier molecular flexibility index (Phi) is 5.84. The summed E-state index contributed by atoms with van der Waals surface area (Å²) in [7, 11) is 3.29. The van der Waals surface area contributed by atoms with Crippen LogP contribution >= 0.6 is 0 Å². The van der Waals surface area contributed by atoms with Gasteiger partial charge in [0.1, 0.15) is 5.82 Å². The van der Waals surface area contributed by atoms with E-state index in [9.17, 15) is 18.8 Å². The van der Waals surface area contributed by atoms with E-state index in [4.69, 9.17) is 4.74 Å². The third-order valence-corrected chi connectivity index (χ3v) is 3.24. The number of hydrogen-bond donors (Lipinski definition) is 1. The number of nitrogens with one attached hydrogen (secondary N) is 1. The zero-order valence-corrected chi connectivity index (χ0v) is 13.8. The van der Waals surface area contributed by atoms with Crippen LogP contribution in [0.25, 0.3) is 0 Å². The molecule has 130 valence electrons. The first-order chi connectivity index (χ1) is 11.9. The largest absolute Gasteiger partial charge is 0.452 e. The van der Waals surface area contributed by atoms with Gasteiger partial charge in [-0.15, -0.1) is 0 Å². The number of ether oxygens (including phenoxy) is 1. The molecule has 1 N–H and O–H groups in total. The zero-order valence-electron chi connectivity index (χ0n) is 13.8. The number of halogens is 1. The van der Waals surface area contributed by atoms with Crippen LogP contribution in [-0.2, 0) is 9.53 Å². The van der Waals surface area contributed by atoms with Gasteiger partial charge >= 0.3 is 5.97 Å². The van der Waals surface area contributed by atoms with Gasteiger partial charge in [0.2, 0.25) is 0 Å². The predicted octanol–water partition coefficient (Wildman–Crippen LogP) is 2.32. The molecule has 0 aliphatic heterocycles. The van der Waals surface area contributed by atoms with Gasteiger partial charge in [-0.05, 0) is 48.5 Å². The van der Waals surface area contributed by atoms with Crippen LogP contribution in [0, 0.1) is 5.82 Å². The highest BCUT2D eigenvalue weighted by molar-refractivity contribution is 5.97. The summed E-state index contributed by atoms with van der Waals surface area (Å²) in [5.74, 6) is -1.86. The summed E-state index contributed by atoms with van der Waals surface area (Å²) in [5.41, 5.74) is 1.12. The second-order valence-electron chi connectivity index (χ2n) is 5.41. The minimum absolute atomic E-state index is 0.147. The number of hydrogen-bond acceptors (Lipinski definition) is 4. The van der Waals surface area contributed by atoms with Crippen molar-refractivity contribution in [1.29, 1.82) is 0 Å². The molecular weight excluding hydrogens is 327 g/mol. The molecule has 2 aromatic rings. The Morgan fingerprint density at radius 3 is 2.08 bits per heavy atom. The summed E-state index contributed by atoms with van der Waals surface area (Å²) >= 11 is 0. The number of rotatable bonds is 5. The zero-order chi connectivity index (χ0) is 18.4. The van der Waals surface area contributed by atoms with E-state index in [2.05, 4.69) is 5.32 Å². The second-order valence-corrected chi connectivity index (χ2v) is 5.41. The number of carbonyl (C=O) groups is 3. The lowest BCUT2D eigenvalue weighted by Gasteiger charge is -2.11. The number of anilines is 1. The molecule has 2 amide bonds. The van der Waals surface area contributed by atoms with Gasteiger partial charge in [-0.25, -0.2) is 9.18 Å². The maximum absolute atomic E-state index is 12.8. The minimum atomic E-state index is -0.720. The van der Waals surface area contributed by atoms with E-state index in [1.54, 1.807) is 38.4 Å². The van der Waals surface area contributed by atoms with Crippen molar-refractivity contribution in [1.82, 2.24) is 4.90 Å². The summed E-state index contributed by atoms with van der Waals surface area (Å²) in [6, 6.07) is 11.1. The van der Waals surface area contributed by atoms with E-state index in [0.29, 0.717) is 11.3 Å². The van der Waals surface area contributed by atoms with Crippen LogP contribution < -0.4 is 5.32 Å². The Hall–Kier alpha value is -3.22. The van der Waals surface area contributed by atoms with Crippen molar-refractivity contribution in [2.75, 3.05) is 26.0 Å². The lowest BCUT2D eigenvalue weighted by molar-refractivity contribution is -0.119.